The average Bonchev–Trinajstić information content (AvgIpc) is 3.17. The van der Waals surface area contributed by atoms with Crippen LogP contribution in [0.15, 0.2) is 66.7 Å². The molecule has 3 aromatic carbocycles. The van der Waals surface area contributed by atoms with Crippen LogP contribution < -0.4 is 9.47 Å². The minimum Gasteiger partial charge on any atom is -0.759 e. The van der Waals surface area contributed by atoms with Gasteiger partial charge in [0.1, 0.15) is 0 Å². The third-order valence-corrected chi connectivity index (χ3v) is 7.43. The number of nitrogens with zero attached hydrogens (tertiary/aromatic N) is 1. The van der Waals surface area contributed by atoms with E-state index in [0.29, 0.717) is 5.92 Å². The van der Waals surface area contributed by atoms with E-state index in [1.54, 1.807) is 14.2 Å². The standard InChI is InChI=1S/C30H37NO2.H2O4S/c1-22(2)30(26-13-8-6-11-24(26)25-12-7-9-14-27(25)30)18-10-19-31(3)20-17-23-15-16-28(32-4)29(21-23)33-5;1-5(2,3)4/h6-9,11-16,21-22H,10,17-20H2,1-5H3;(H2,1,2,3,4)/p-2. The van der Waals surface area contributed by atoms with Gasteiger partial charge < -0.3 is 23.5 Å². The van der Waals surface area contributed by atoms with Gasteiger partial charge in [0.2, 0.25) is 0 Å². The van der Waals surface area contributed by atoms with Crippen molar-refractivity contribution in [3.8, 4) is 22.6 Å². The Bertz CT molecular complexity index is 1270. The molecule has 1 aliphatic carbocycles. The molecule has 0 saturated carbocycles. The Hall–Kier alpha value is -2.91. The molecule has 0 fully saturated rings. The lowest BCUT2D eigenvalue weighted by Crippen LogP contribution is -2.33. The lowest BCUT2D eigenvalue weighted by atomic mass is 9.67. The number of ether oxygens (including phenoxy) is 2. The molecule has 0 unspecified atom stereocenters. The van der Waals surface area contributed by atoms with Gasteiger partial charge >= 0.3 is 0 Å². The van der Waals surface area contributed by atoms with Crippen molar-refractivity contribution in [2.75, 3.05) is 34.4 Å². The van der Waals surface area contributed by atoms with E-state index in [2.05, 4.69) is 86.5 Å². The molecule has 0 N–H and O–H groups in total. The smallest absolute Gasteiger partial charge is 0.160 e. The minimum atomic E-state index is -5.17. The number of likely N-dealkylation sites (N-methyl/N-ethyl adjacent to an activating group) is 1. The van der Waals surface area contributed by atoms with E-state index in [1.807, 2.05) is 6.07 Å². The normalized spacial score (nSPS) is 13.5. The second kappa shape index (κ2) is 12.8. The summed E-state index contributed by atoms with van der Waals surface area (Å²) in [6.45, 7) is 6.89. The summed E-state index contributed by atoms with van der Waals surface area (Å²) in [7, 11) is 0.438. The van der Waals surface area contributed by atoms with Crippen molar-refractivity contribution in [1.29, 1.82) is 0 Å². The zero-order valence-electron chi connectivity index (χ0n) is 22.8. The van der Waals surface area contributed by atoms with Gasteiger partial charge in [0.25, 0.3) is 0 Å². The summed E-state index contributed by atoms with van der Waals surface area (Å²) in [4.78, 5) is 2.46. The van der Waals surface area contributed by atoms with Gasteiger partial charge in [-0.05, 0) is 78.7 Å². The quantitative estimate of drug-likeness (QED) is 0.256. The summed E-state index contributed by atoms with van der Waals surface area (Å²) in [6, 6.07) is 24.3. The summed E-state index contributed by atoms with van der Waals surface area (Å²) in [5.41, 5.74) is 7.23. The van der Waals surface area contributed by atoms with Crippen molar-refractivity contribution < 1.29 is 27.0 Å². The Labute approximate surface area is 227 Å². The third-order valence-electron chi connectivity index (χ3n) is 7.43. The van der Waals surface area contributed by atoms with Crippen LogP contribution in [-0.4, -0.2) is 56.8 Å². The molecule has 4 rings (SSSR count). The average molecular weight is 540 g/mol. The van der Waals surface area contributed by atoms with Gasteiger partial charge in [0.15, 0.2) is 11.5 Å². The summed E-state index contributed by atoms with van der Waals surface area (Å²) >= 11 is 0. The van der Waals surface area contributed by atoms with Crippen LogP contribution in [0.2, 0.25) is 0 Å². The molecule has 0 saturated heterocycles. The van der Waals surface area contributed by atoms with Gasteiger partial charge in [0.05, 0.1) is 14.2 Å². The van der Waals surface area contributed by atoms with E-state index >= 15 is 0 Å². The van der Waals surface area contributed by atoms with E-state index in [4.69, 9.17) is 27.0 Å². The van der Waals surface area contributed by atoms with Gasteiger partial charge in [0, 0.05) is 22.4 Å². The highest BCUT2D eigenvalue weighted by Crippen LogP contribution is 2.54. The third kappa shape index (κ3) is 6.94. The first-order valence-corrected chi connectivity index (χ1v) is 14.1. The highest BCUT2D eigenvalue weighted by molar-refractivity contribution is 7.79. The molecule has 0 heterocycles. The Morgan fingerprint density at radius 2 is 1.37 bits per heavy atom. The second-order valence-corrected chi connectivity index (χ2v) is 10.8. The van der Waals surface area contributed by atoms with Gasteiger partial charge in [-0.15, -0.1) is 0 Å². The minimum absolute atomic E-state index is 0.0946. The monoisotopic (exact) mass is 539 g/mol. The number of hydrogen-bond donors (Lipinski definition) is 0. The molecule has 0 amide bonds. The van der Waals surface area contributed by atoms with Crippen molar-refractivity contribution in [1.82, 2.24) is 4.90 Å². The number of hydrogen-bond acceptors (Lipinski definition) is 7. The van der Waals surface area contributed by atoms with Crippen LogP contribution in [0.3, 0.4) is 0 Å². The predicted octanol–water partition coefficient (Wildman–Crippen LogP) is 5.24. The van der Waals surface area contributed by atoms with Crippen LogP contribution >= 0.6 is 0 Å². The summed E-state index contributed by atoms with van der Waals surface area (Å²) in [5.74, 6) is 2.13. The van der Waals surface area contributed by atoms with Crippen molar-refractivity contribution in [3.63, 3.8) is 0 Å². The molecule has 0 atom stereocenters. The summed E-state index contributed by atoms with van der Waals surface area (Å²) < 4.78 is 44.9. The molecule has 7 nitrogen and oxygen atoms in total. The van der Waals surface area contributed by atoms with E-state index < -0.39 is 10.4 Å². The highest BCUT2D eigenvalue weighted by atomic mass is 32.3. The molecule has 1 aliphatic rings. The fourth-order valence-electron chi connectivity index (χ4n) is 5.63. The molecule has 0 radical (unpaired) electrons. The molecular weight excluding hydrogens is 502 g/mol. The van der Waals surface area contributed by atoms with Crippen molar-refractivity contribution in [3.05, 3.63) is 83.4 Å². The Balaban J connectivity index is 0.000000732. The second-order valence-electron chi connectivity index (χ2n) is 9.97. The van der Waals surface area contributed by atoms with Crippen LogP contribution in [-0.2, 0) is 22.2 Å². The Kier molecular flexibility index (Phi) is 9.95. The first kappa shape index (κ1) is 29.6. The van der Waals surface area contributed by atoms with Gasteiger partial charge in [-0.3, -0.25) is 8.42 Å². The molecule has 0 bridgehead atoms. The zero-order chi connectivity index (χ0) is 27.9. The summed E-state index contributed by atoms with van der Waals surface area (Å²) in [5, 5.41) is 0. The fourth-order valence-corrected chi connectivity index (χ4v) is 5.63. The molecule has 0 aliphatic heterocycles. The molecule has 38 heavy (non-hydrogen) atoms. The van der Waals surface area contributed by atoms with Crippen LogP contribution in [0.5, 0.6) is 11.5 Å². The first-order chi connectivity index (χ1) is 18.0. The molecule has 0 spiro atoms. The maximum Gasteiger partial charge on any atom is 0.160 e. The van der Waals surface area contributed by atoms with Gasteiger partial charge in [-0.25, -0.2) is 0 Å². The lowest BCUT2D eigenvalue weighted by Gasteiger charge is -2.37. The van der Waals surface area contributed by atoms with E-state index in [0.717, 1.165) is 31.0 Å². The fraction of sp³-hybridized carbons (Fsp3) is 0.400. The van der Waals surface area contributed by atoms with Gasteiger partial charge in [-0.2, -0.15) is 0 Å². The molecule has 206 valence electrons. The summed E-state index contributed by atoms with van der Waals surface area (Å²) in [6.07, 6.45) is 3.33. The first-order valence-electron chi connectivity index (χ1n) is 12.8. The largest absolute Gasteiger partial charge is 0.759 e. The highest BCUT2D eigenvalue weighted by Gasteiger charge is 2.44. The van der Waals surface area contributed by atoms with Crippen molar-refractivity contribution >= 4 is 10.4 Å². The van der Waals surface area contributed by atoms with Crippen LogP contribution in [0.1, 0.15) is 43.4 Å². The molecule has 8 heteroatoms. The maximum atomic E-state index is 8.52. The topological polar surface area (TPSA) is 102 Å². The van der Waals surface area contributed by atoms with Crippen LogP contribution in [0, 0.1) is 5.92 Å². The number of fused-ring (bicyclic) bond motifs is 3. The lowest BCUT2D eigenvalue weighted by molar-refractivity contribution is 0.287. The number of methoxy groups -OCH3 is 2. The van der Waals surface area contributed by atoms with Crippen LogP contribution in [0.25, 0.3) is 11.1 Å². The van der Waals surface area contributed by atoms with Crippen LogP contribution in [0.4, 0.5) is 0 Å². The molecule has 0 aromatic heterocycles. The van der Waals surface area contributed by atoms with E-state index in [1.165, 1.54) is 40.7 Å². The molecule has 3 aromatic rings. The Morgan fingerprint density at radius 3 is 1.87 bits per heavy atom. The maximum absolute atomic E-state index is 8.52. The zero-order valence-corrected chi connectivity index (χ0v) is 23.6. The SMILES string of the molecule is COc1ccc(CCN(C)CCCC2(C(C)C)c3ccccc3-c3ccccc32)cc1OC.O=S(=O)([O-])[O-]. The van der Waals surface area contributed by atoms with E-state index in [-0.39, 0.29) is 5.41 Å². The van der Waals surface area contributed by atoms with Crippen molar-refractivity contribution in [2.24, 2.45) is 5.92 Å². The van der Waals surface area contributed by atoms with E-state index in [9.17, 15) is 0 Å². The Morgan fingerprint density at radius 1 is 0.842 bits per heavy atom. The predicted molar refractivity (Wildman–Crippen MR) is 148 cm³/mol. The van der Waals surface area contributed by atoms with Gasteiger partial charge in [-0.1, -0.05) is 68.4 Å². The number of benzene rings is 3. The van der Waals surface area contributed by atoms with Crippen molar-refractivity contribution in [2.45, 2.75) is 38.5 Å². The number of rotatable bonds is 10. The molecular formula is C30H37NO6S-2.